The Labute approximate surface area is 228 Å². The van der Waals surface area contributed by atoms with E-state index in [1.54, 1.807) is 23.8 Å². The Hall–Kier alpha value is -4.14. The lowest BCUT2D eigenvalue weighted by molar-refractivity contribution is -0.152. The summed E-state index contributed by atoms with van der Waals surface area (Å²) in [6.45, 7) is 5.04. The number of piperidine rings is 1. The third-order valence-corrected chi connectivity index (χ3v) is 7.85. The van der Waals surface area contributed by atoms with Gasteiger partial charge in [0, 0.05) is 20.1 Å². The zero-order valence-corrected chi connectivity index (χ0v) is 22.6. The van der Waals surface area contributed by atoms with E-state index in [0.717, 1.165) is 11.1 Å². The third kappa shape index (κ3) is 5.01. The molecule has 0 bridgehead atoms. The number of carbonyl (C=O) groups is 4. The molecule has 1 fully saturated rings. The maximum atomic E-state index is 14.1. The summed E-state index contributed by atoms with van der Waals surface area (Å²) in [5, 5.41) is 2.97. The molecular formula is C30H34N4O5. The van der Waals surface area contributed by atoms with Crippen LogP contribution in [-0.4, -0.2) is 71.8 Å². The van der Waals surface area contributed by atoms with Gasteiger partial charge in [0.05, 0.1) is 36.4 Å². The van der Waals surface area contributed by atoms with E-state index in [1.165, 1.54) is 4.90 Å². The molecule has 0 aromatic heterocycles. The van der Waals surface area contributed by atoms with E-state index >= 15 is 0 Å². The zero-order chi connectivity index (χ0) is 27.7. The highest BCUT2D eigenvalue weighted by molar-refractivity contribution is 6.03. The van der Waals surface area contributed by atoms with Crippen LogP contribution in [0.5, 0.6) is 0 Å². The van der Waals surface area contributed by atoms with Gasteiger partial charge in [-0.15, -0.1) is 0 Å². The van der Waals surface area contributed by atoms with Crippen molar-refractivity contribution in [1.82, 2.24) is 20.0 Å². The maximum Gasteiger partial charge on any atom is 0.322 e. The van der Waals surface area contributed by atoms with Gasteiger partial charge in [0.1, 0.15) is 6.04 Å². The van der Waals surface area contributed by atoms with Gasteiger partial charge in [-0.3, -0.25) is 19.3 Å². The van der Waals surface area contributed by atoms with Crippen LogP contribution in [0.1, 0.15) is 48.5 Å². The summed E-state index contributed by atoms with van der Waals surface area (Å²) >= 11 is 0. The number of carbonyl (C=O) groups excluding carboxylic acids is 4. The Balaban J connectivity index is 1.45. The fourth-order valence-electron chi connectivity index (χ4n) is 5.76. The lowest BCUT2D eigenvalue weighted by Gasteiger charge is -2.36. The van der Waals surface area contributed by atoms with Gasteiger partial charge in [-0.1, -0.05) is 60.2 Å². The minimum Gasteiger partial charge on any atom is -0.466 e. The van der Waals surface area contributed by atoms with Crippen LogP contribution in [0.15, 0.2) is 65.9 Å². The van der Waals surface area contributed by atoms with Crippen LogP contribution in [-0.2, 0) is 19.1 Å². The van der Waals surface area contributed by atoms with Gasteiger partial charge in [-0.25, -0.2) is 4.79 Å². The normalized spacial score (nSPS) is 20.6. The molecule has 4 amide bonds. The number of rotatable bonds is 6. The van der Waals surface area contributed by atoms with Crippen LogP contribution in [0.2, 0.25) is 0 Å². The number of nitrogens with zero attached hydrogens (tertiary/aromatic N) is 3. The average Bonchev–Trinajstić information content (AvgIpc) is 3.28. The monoisotopic (exact) mass is 530 g/mol. The van der Waals surface area contributed by atoms with Gasteiger partial charge in [0.25, 0.3) is 5.91 Å². The van der Waals surface area contributed by atoms with Crippen molar-refractivity contribution in [3.63, 3.8) is 0 Å². The molecular weight excluding hydrogens is 496 g/mol. The van der Waals surface area contributed by atoms with E-state index in [4.69, 9.17) is 4.74 Å². The summed E-state index contributed by atoms with van der Waals surface area (Å²) in [7, 11) is 1.65. The Morgan fingerprint density at radius 2 is 1.77 bits per heavy atom. The molecule has 0 saturated carbocycles. The van der Waals surface area contributed by atoms with Crippen LogP contribution >= 0.6 is 0 Å². The van der Waals surface area contributed by atoms with Crippen molar-refractivity contribution in [2.45, 2.75) is 38.8 Å². The SMILES string of the molecule is CCOC(=O)C1CCN(C(=O)C(c2ccccc2)N2CC3=C(C2=O)C(c2cccc(C)c2)NC(=O)N3C)CC1. The van der Waals surface area contributed by atoms with E-state index in [1.807, 2.05) is 61.5 Å². The van der Waals surface area contributed by atoms with Crippen LogP contribution in [0.4, 0.5) is 4.79 Å². The van der Waals surface area contributed by atoms with Crippen molar-refractivity contribution in [3.05, 3.63) is 82.6 Å². The Morgan fingerprint density at radius 1 is 1.05 bits per heavy atom. The largest absolute Gasteiger partial charge is 0.466 e. The predicted octanol–water partition coefficient (Wildman–Crippen LogP) is 3.33. The van der Waals surface area contributed by atoms with Gasteiger partial charge in [0.15, 0.2) is 0 Å². The standard InChI is InChI=1S/C30H34N4O5/c1-4-39-29(37)21-13-15-33(16-14-21)28(36)26(20-10-6-5-7-11-20)34-18-23-24(27(34)35)25(31-30(38)32(23)3)22-12-8-9-19(2)17-22/h5-12,17,21,25-26H,4,13-16,18H2,1-3H3,(H,31,38). The molecule has 2 aromatic rings. The first-order valence-electron chi connectivity index (χ1n) is 13.4. The zero-order valence-electron chi connectivity index (χ0n) is 22.6. The van der Waals surface area contributed by atoms with Crippen molar-refractivity contribution in [1.29, 1.82) is 0 Å². The van der Waals surface area contributed by atoms with Crippen LogP contribution < -0.4 is 5.32 Å². The summed E-state index contributed by atoms with van der Waals surface area (Å²) in [6, 6.07) is 15.3. The maximum absolute atomic E-state index is 14.1. The number of ether oxygens (including phenoxy) is 1. The molecule has 3 aliphatic heterocycles. The molecule has 3 aliphatic rings. The second-order valence-corrected chi connectivity index (χ2v) is 10.3. The number of amides is 4. The fourth-order valence-corrected chi connectivity index (χ4v) is 5.76. The van der Waals surface area contributed by atoms with E-state index in [-0.39, 0.29) is 36.3 Å². The number of hydrogen-bond donors (Lipinski definition) is 1. The summed E-state index contributed by atoms with van der Waals surface area (Å²) in [5.41, 5.74) is 3.64. The molecule has 2 aromatic carbocycles. The molecule has 0 spiro atoms. The second-order valence-electron chi connectivity index (χ2n) is 10.3. The molecule has 0 aliphatic carbocycles. The highest BCUT2D eigenvalue weighted by Crippen LogP contribution is 2.40. The number of esters is 1. The molecule has 2 atom stereocenters. The molecule has 3 heterocycles. The first kappa shape index (κ1) is 26.5. The van der Waals surface area contributed by atoms with Crippen LogP contribution in [0, 0.1) is 12.8 Å². The number of likely N-dealkylation sites (N-methyl/N-ethyl adjacent to an activating group) is 1. The predicted molar refractivity (Wildman–Crippen MR) is 144 cm³/mol. The first-order chi connectivity index (χ1) is 18.8. The smallest absolute Gasteiger partial charge is 0.322 e. The molecule has 1 saturated heterocycles. The summed E-state index contributed by atoms with van der Waals surface area (Å²) in [5.74, 6) is -0.914. The van der Waals surface area contributed by atoms with Gasteiger partial charge in [-0.2, -0.15) is 0 Å². The van der Waals surface area contributed by atoms with E-state index in [2.05, 4.69) is 5.32 Å². The van der Waals surface area contributed by atoms with Crippen molar-refractivity contribution in [3.8, 4) is 0 Å². The number of nitrogens with one attached hydrogen (secondary N) is 1. The third-order valence-electron chi connectivity index (χ3n) is 7.85. The minimum absolute atomic E-state index is 0.144. The van der Waals surface area contributed by atoms with Crippen LogP contribution in [0.25, 0.3) is 0 Å². The molecule has 9 nitrogen and oxygen atoms in total. The molecule has 9 heteroatoms. The Morgan fingerprint density at radius 3 is 2.44 bits per heavy atom. The van der Waals surface area contributed by atoms with Crippen molar-refractivity contribution >= 4 is 23.8 Å². The average molecular weight is 531 g/mol. The highest BCUT2D eigenvalue weighted by Gasteiger charge is 2.47. The van der Waals surface area contributed by atoms with E-state index in [0.29, 0.717) is 49.4 Å². The van der Waals surface area contributed by atoms with Crippen molar-refractivity contribution in [2.75, 3.05) is 33.3 Å². The lowest BCUT2D eigenvalue weighted by atomic mass is 9.94. The molecule has 204 valence electrons. The number of benzene rings is 2. The highest BCUT2D eigenvalue weighted by atomic mass is 16.5. The number of aryl methyl sites for hydroxylation is 1. The molecule has 2 unspecified atom stereocenters. The molecule has 39 heavy (non-hydrogen) atoms. The first-order valence-corrected chi connectivity index (χ1v) is 13.4. The molecule has 0 radical (unpaired) electrons. The minimum atomic E-state index is -0.856. The molecule has 5 rings (SSSR count). The van der Waals surface area contributed by atoms with Crippen LogP contribution in [0.3, 0.4) is 0 Å². The van der Waals surface area contributed by atoms with Crippen molar-refractivity contribution in [2.24, 2.45) is 5.92 Å². The topological polar surface area (TPSA) is 99.3 Å². The number of hydrogen-bond acceptors (Lipinski definition) is 5. The van der Waals surface area contributed by atoms with Gasteiger partial charge >= 0.3 is 12.0 Å². The Kier molecular flexibility index (Phi) is 7.41. The summed E-state index contributed by atoms with van der Waals surface area (Å²) in [4.78, 5) is 58.1. The summed E-state index contributed by atoms with van der Waals surface area (Å²) < 4.78 is 5.18. The summed E-state index contributed by atoms with van der Waals surface area (Å²) in [6.07, 6.45) is 1.04. The second kappa shape index (κ2) is 10.9. The van der Waals surface area contributed by atoms with Gasteiger partial charge in [0.2, 0.25) is 5.91 Å². The van der Waals surface area contributed by atoms with Gasteiger partial charge in [-0.05, 0) is 37.8 Å². The van der Waals surface area contributed by atoms with Crippen molar-refractivity contribution < 1.29 is 23.9 Å². The number of likely N-dealkylation sites (tertiary alicyclic amines) is 1. The quantitative estimate of drug-likeness (QED) is 0.578. The molecule has 1 N–H and O–H groups in total. The fraction of sp³-hybridized carbons (Fsp3) is 0.400. The van der Waals surface area contributed by atoms with E-state index in [9.17, 15) is 19.2 Å². The van der Waals surface area contributed by atoms with Gasteiger partial charge < -0.3 is 19.9 Å². The number of urea groups is 1. The van der Waals surface area contributed by atoms with E-state index < -0.39 is 12.1 Å². The lowest BCUT2D eigenvalue weighted by Crippen LogP contribution is -2.48. The Bertz CT molecular complexity index is 1320.